The number of imidazole rings is 1. The molecule has 62 heavy (non-hydrogen) atoms. The van der Waals surface area contributed by atoms with Crippen molar-refractivity contribution in [1.82, 2.24) is 18.6 Å². The Morgan fingerprint density at radius 3 is 2.00 bits per heavy atom. The second kappa shape index (κ2) is 13.7. The molecule has 6 nitrogen and oxygen atoms in total. The Balaban J connectivity index is 1.09. The fourth-order valence-corrected chi connectivity index (χ4v) is 9.73. The molecule has 1 aliphatic heterocycles. The summed E-state index contributed by atoms with van der Waals surface area (Å²) in [5.74, 6) is 2.11. The van der Waals surface area contributed by atoms with Crippen molar-refractivity contribution in [2.45, 2.75) is 26.2 Å². The predicted molar refractivity (Wildman–Crippen MR) is 254 cm³/mol. The number of benzene rings is 7. The zero-order valence-electron chi connectivity index (χ0n) is 37.5. The molecule has 7 aromatic carbocycles. The maximum absolute atomic E-state index is 8.77. The summed E-state index contributed by atoms with van der Waals surface area (Å²) >= 11 is 0. The number of ether oxygens (including phenoxy) is 1. The highest BCUT2D eigenvalue weighted by Crippen LogP contribution is 2.38. The molecule has 0 saturated heterocycles. The largest absolute Gasteiger partial charge is 0.458 e. The molecule has 0 atom stereocenters. The number of fused-ring (bicyclic) bond motifs is 8. The molecular weight excluding hydrogens is 757 g/mol. The molecule has 5 heterocycles. The lowest BCUT2D eigenvalue weighted by atomic mass is 9.46. The molecule has 0 amide bonds. The second-order valence-corrected chi connectivity index (χ2v) is 17.2. The molecule has 11 aromatic rings. The van der Waals surface area contributed by atoms with Gasteiger partial charge in [-0.15, -0.1) is 0 Å². The van der Waals surface area contributed by atoms with Gasteiger partial charge in [-0.1, -0.05) is 142 Å². The molecule has 0 spiro atoms. The van der Waals surface area contributed by atoms with Gasteiger partial charge in [-0.2, -0.15) is 0 Å². The molecule has 7 heteroatoms. The van der Waals surface area contributed by atoms with Gasteiger partial charge < -0.3 is 18.3 Å². The maximum atomic E-state index is 8.77. The fraction of sp³-hybridized carbons (Fsp3) is 0.0909. The van der Waals surface area contributed by atoms with Crippen LogP contribution >= 0.6 is 0 Å². The summed E-state index contributed by atoms with van der Waals surface area (Å²) in [6, 6.07) is 60.8. The minimum atomic E-state index is -2.50. The Bertz CT molecular complexity index is 3620. The number of hydrogen-bond donors (Lipinski definition) is 0. The van der Waals surface area contributed by atoms with E-state index in [2.05, 4.69) is 164 Å². The van der Waals surface area contributed by atoms with E-state index < -0.39 is 6.98 Å². The van der Waals surface area contributed by atoms with E-state index in [9.17, 15) is 0 Å². The van der Waals surface area contributed by atoms with Gasteiger partial charge in [0.1, 0.15) is 23.0 Å². The van der Waals surface area contributed by atoms with Gasteiger partial charge >= 0.3 is 6.85 Å². The quantitative estimate of drug-likeness (QED) is 0.0954. The number of hydrogen-bond acceptors (Lipinski definition) is 2. The normalized spacial score (nSPS) is 13.4. The number of rotatable bonds is 6. The van der Waals surface area contributed by atoms with Crippen LogP contribution in [-0.4, -0.2) is 25.4 Å². The minimum absolute atomic E-state index is 0.0528. The van der Waals surface area contributed by atoms with Crippen LogP contribution in [0.4, 0.5) is 0 Å². The Labute approximate surface area is 364 Å². The third-order valence-electron chi connectivity index (χ3n) is 12.6. The summed E-state index contributed by atoms with van der Waals surface area (Å²) in [4.78, 5) is 4.88. The van der Waals surface area contributed by atoms with E-state index in [1.54, 1.807) is 0 Å². The molecule has 0 saturated carbocycles. The predicted octanol–water partition coefficient (Wildman–Crippen LogP) is 11.1. The monoisotopic (exact) mass is 802 g/mol. The van der Waals surface area contributed by atoms with Crippen LogP contribution in [0.1, 0.15) is 30.4 Å². The van der Waals surface area contributed by atoms with Gasteiger partial charge in [0.15, 0.2) is 0 Å². The van der Waals surface area contributed by atoms with Crippen LogP contribution in [0.5, 0.6) is 11.5 Å². The first kappa shape index (κ1) is 33.1. The summed E-state index contributed by atoms with van der Waals surface area (Å²) in [6.07, 6.45) is 5.21. The van der Waals surface area contributed by atoms with E-state index in [1.807, 2.05) is 59.3 Å². The smallest absolute Gasteiger partial charge is 0.317 e. The van der Waals surface area contributed by atoms with Gasteiger partial charge in [0.2, 0.25) is 6.33 Å². The van der Waals surface area contributed by atoms with Crippen LogP contribution in [0.3, 0.4) is 0 Å². The van der Waals surface area contributed by atoms with E-state index in [0.29, 0.717) is 17.0 Å². The lowest BCUT2D eigenvalue weighted by molar-refractivity contribution is -0.648. The van der Waals surface area contributed by atoms with Crippen LogP contribution in [0.25, 0.3) is 77.6 Å². The number of para-hydroxylation sites is 2. The molecule has 0 radical (unpaired) electrons. The van der Waals surface area contributed by atoms with Gasteiger partial charge in [0.05, 0.1) is 33.3 Å². The minimum Gasteiger partial charge on any atom is -0.458 e. The van der Waals surface area contributed by atoms with Gasteiger partial charge in [-0.25, -0.2) is 4.98 Å². The zero-order chi connectivity index (χ0) is 44.2. The molecule has 4 aromatic heterocycles. The van der Waals surface area contributed by atoms with Crippen molar-refractivity contribution in [3.05, 3.63) is 194 Å². The molecule has 0 bridgehead atoms. The Kier molecular flexibility index (Phi) is 7.32. The van der Waals surface area contributed by atoms with Crippen molar-refractivity contribution in [3.63, 3.8) is 0 Å². The van der Waals surface area contributed by atoms with Crippen molar-refractivity contribution in [2.75, 3.05) is 0 Å². The van der Waals surface area contributed by atoms with Crippen LogP contribution in [0.15, 0.2) is 182 Å². The average molecular weight is 803 g/mol. The summed E-state index contributed by atoms with van der Waals surface area (Å²) in [5.41, 5.74) is 12.7. The van der Waals surface area contributed by atoms with E-state index in [4.69, 9.17) is 13.8 Å². The highest BCUT2D eigenvalue weighted by molar-refractivity contribution is 6.88. The summed E-state index contributed by atoms with van der Waals surface area (Å²) in [6.45, 7) is 3.77. The van der Waals surface area contributed by atoms with Crippen molar-refractivity contribution >= 4 is 61.6 Å². The van der Waals surface area contributed by atoms with Crippen molar-refractivity contribution in [2.24, 2.45) is 6.98 Å². The topological polar surface area (TPSA) is 40.8 Å². The summed E-state index contributed by atoms with van der Waals surface area (Å²) in [7, 11) is 0. The highest BCUT2D eigenvalue weighted by Gasteiger charge is 2.37. The average Bonchev–Trinajstić information content (AvgIpc) is 3.99. The van der Waals surface area contributed by atoms with Crippen molar-refractivity contribution in [3.8, 4) is 45.3 Å². The van der Waals surface area contributed by atoms with E-state index >= 15 is 0 Å². The van der Waals surface area contributed by atoms with E-state index in [-0.39, 0.29) is 12.3 Å². The molecule has 12 rings (SSSR count). The fourth-order valence-electron chi connectivity index (χ4n) is 9.73. The lowest BCUT2D eigenvalue weighted by Gasteiger charge is -2.31. The van der Waals surface area contributed by atoms with E-state index in [0.717, 1.165) is 83.0 Å². The van der Waals surface area contributed by atoms with Crippen LogP contribution in [0.2, 0.25) is 0 Å². The van der Waals surface area contributed by atoms with Gasteiger partial charge in [0, 0.05) is 28.6 Å². The Morgan fingerprint density at radius 1 is 0.629 bits per heavy atom. The summed E-state index contributed by atoms with van der Waals surface area (Å²) < 4.78 is 41.0. The Hall–Kier alpha value is -7.64. The van der Waals surface area contributed by atoms with Crippen molar-refractivity contribution in [1.29, 1.82) is 0 Å². The Morgan fingerprint density at radius 2 is 1.27 bits per heavy atom. The molecule has 0 aliphatic carbocycles. The third-order valence-corrected chi connectivity index (χ3v) is 12.6. The van der Waals surface area contributed by atoms with Crippen LogP contribution < -0.4 is 20.2 Å². The van der Waals surface area contributed by atoms with Crippen molar-refractivity contribution < 1.29 is 13.4 Å². The molecule has 0 fully saturated rings. The van der Waals surface area contributed by atoms with Crippen LogP contribution in [0, 0.1) is 6.33 Å². The number of aromatic nitrogens is 5. The maximum Gasteiger partial charge on any atom is 0.317 e. The molecule has 0 N–H and O–H groups in total. The number of pyridine rings is 1. The first-order valence-electron chi connectivity index (χ1n) is 22.6. The number of aryl methyl sites for hydroxylation is 1. The lowest BCUT2D eigenvalue weighted by Crippen LogP contribution is -2.53. The van der Waals surface area contributed by atoms with Crippen LogP contribution in [-0.2, 0) is 12.4 Å². The zero-order valence-corrected chi connectivity index (χ0v) is 34.5. The standard InChI is InChI=1S/C55H42BN5O/c1-55(2,3)38-30-31-57-51(32-38)60-47-24-13-11-20-43(47)44-28-26-39(33-49(44)60)62-40-27-29-46-50(34-40)59-35-58(4)53-45-21-12-14-25-48(45)61(54(53)59)56(46)52-41(36-16-7-5-8-17-36)22-15-23-42(52)37-18-9-6-10-19-37/h5-34H,1-4H3/i4D3. The SMILES string of the molecule is [2H]C([2H])([2H])[n+]1[c-]n2c3c1c1ccccc1n3B(c1c(-c3ccccc3)cccc1-c1ccccc1)c1ccc(Oc3ccc4c5ccccc5n(-c5cc(C(C)(C)C)ccn5)c4c3)cc1-2. The van der Waals surface area contributed by atoms with E-state index in [1.165, 1.54) is 10.1 Å². The molecule has 296 valence electrons. The second-order valence-electron chi connectivity index (χ2n) is 17.2. The van der Waals surface area contributed by atoms with Gasteiger partial charge in [0.25, 0.3) is 0 Å². The summed E-state index contributed by atoms with van der Waals surface area (Å²) in [5, 5.41) is 3.07. The first-order valence-corrected chi connectivity index (χ1v) is 21.1. The van der Waals surface area contributed by atoms with Gasteiger partial charge in [-0.05, 0) is 98.1 Å². The molecular formula is C55H42BN5O. The molecule has 0 unspecified atom stereocenters. The molecule has 1 aliphatic rings. The highest BCUT2D eigenvalue weighted by atomic mass is 16.5. The third kappa shape index (κ3) is 5.51. The number of nitrogens with zero attached hydrogens (tertiary/aromatic N) is 5. The first-order chi connectivity index (χ1) is 31.5. The van der Waals surface area contributed by atoms with Gasteiger partial charge in [-0.3, -0.25) is 4.57 Å².